The highest BCUT2D eigenvalue weighted by molar-refractivity contribution is 5.89. The Morgan fingerprint density at radius 2 is 1.68 bits per heavy atom. The van der Waals surface area contributed by atoms with E-state index in [0.29, 0.717) is 6.42 Å². The third-order valence-electron chi connectivity index (χ3n) is 3.35. The fourth-order valence-electron chi connectivity index (χ4n) is 1.41. The number of aromatic hydroxyl groups is 1. The second-order valence-electron chi connectivity index (χ2n) is 5.64. The van der Waals surface area contributed by atoms with Crippen molar-refractivity contribution in [1.82, 2.24) is 0 Å². The number of phenols is 1. The summed E-state index contributed by atoms with van der Waals surface area (Å²) in [6.07, 6.45) is -0.463. The van der Waals surface area contributed by atoms with Crippen LogP contribution in [0.5, 0.6) is 5.75 Å². The van der Waals surface area contributed by atoms with Crippen LogP contribution in [0.4, 0.5) is 0 Å². The Morgan fingerprint density at radius 1 is 1.14 bits per heavy atom. The molecule has 22 heavy (non-hydrogen) atoms. The lowest BCUT2D eigenvalue weighted by Gasteiger charge is -2.21. The highest BCUT2D eigenvalue weighted by Crippen LogP contribution is 2.21. The van der Waals surface area contributed by atoms with Gasteiger partial charge in [-0.3, -0.25) is 4.79 Å². The van der Waals surface area contributed by atoms with Crippen LogP contribution in [0.15, 0.2) is 24.3 Å². The van der Waals surface area contributed by atoms with Crippen LogP contribution in [0.3, 0.4) is 0 Å². The number of ether oxygens (including phenoxy) is 2. The number of rotatable bonds is 7. The molecule has 1 atom stereocenters. The first-order valence-electron chi connectivity index (χ1n) is 7.07. The lowest BCUT2D eigenvalue weighted by Crippen LogP contribution is -2.31. The summed E-state index contributed by atoms with van der Waals surface area (Å²) < 4.78 is 9.91. The minimum absolute atomic E-state index is 0.0436. The van der Waals surface area contributed by atoms with E-state index >= 15 is 0 Å². The summed E-state index contributed by atoms with van der Waals surface area (Å²) in [7, 11) is 0. The number of benzene rings is 1. The Labute approximate surface area is 129 Å². The van der Waals surface area contributed by atoms with Crippen LogP contribution in [0.25, 0.3) is 0 Å². The van der Waals surface area contributed by atoms with E-state index in [1.807, 2.05) is 6.92 Å². The van der Waals surface area contributed by atoms with Crippen molar-refractivity contribution in [2.24, 2.45) is 5.41 Å². The molecule has 1 aromatic carbocycles. The van der Waals surface area contributed by atoms with Gasteiger partial charge in [-0.25, -0.2) is 4.79 Å². The highest BCUT2D eigenvalue weighted by Gasteiger charge is 2.27. The van der Waals surface area contributed by atoms with Gasteiger partial charge in [-0.05, 0) is 44.5 Å². The molecular weight excluding hydrogens is 288 g/mol. The van der Waals surface area contributed by atoms with Crippen molar-refractivity contribution in [3.63, 3.8) is 0 Å². The monoisotopic (exact) mass is 310 g/mol. The molecule has 6 nitrogen and oxygen atoms in total. The Balaban J connectivity index is 2.37. The molecule has 0 amide bonds. The predicted molar refractivity (Wildman–Crippen MR) is 79.4 cm³/mol. The second-order valence-corrected chi connectivity index (χ2v) is 5.64. The topological polar surface area (TPSA) is 93.1 Å². The number of hydrogen-bond donors (Lipinski definition) is 2. The summed E-state index contributed by atoms with van der Waals surface area (Å²) in [5.74, 6) is -0.986. The van der Waals surface area contributed by atoms with Gasteiger partial charge in [0.1, 0.15) is 25.1 Å². The molecule has 122 valence electrons. The molecule has 0 bridgehead atoms. The Kier molecular flexibility index (Phi) is 6.37. The number of hydrogen-bond acceptors (Lipinski definition) is 6. The molecule has 1 rings (SSSR count). The maximum atomic E-state index is 11.7. The number of carbonyl (C=O) groups is 2. The SMILES string of the molecule is CCC(C)(C)C(=O)OCC(O)COC(=O)c1ccc(O)cc1. The van der Waals surface area contributed by atoms with Crippen LogP contribution < -0.4 is 0 Å². The minimum atomic E-state index is -1.09. The van der Waals surface area contributed by atoms with Gasteiger partial charge < -0.3 is 19.7 Å². The van der Waals surface area contributed by atoms with Crippen molar-refractivity contribution < 1.29 is 29.3 Å². The zero-order valence-electron chi connectivity index (χ0n) is 13.0. The molecule has 1 aromatic rings. The van der Waals surface area contributed by atoms with Crippen molar-refractivity contribution in [3.05, 3.63) is 29.8 Å². The Morgan fingerprint density at radius 3 is 2.23 bits per heavy atom. The smallest absolute Gasteiger partial charge is 0.338 e. The van der Waals surface area contributed by atoms with Gasteiger partial charge in [0.2, 0.25) is 0 Å². The lowest BCUT2D eigenvalue weighted by molar-refractivity contribution is -0.157. The zero-order valence-corrected chi connectivity index (χ0v) is 13.0. The molecule has 0 aliphatic rings. The summed E-state index contributed by atoms with van der Waals surface area (Å²) in [4.78, 5) is 23.4. The Bertz CT molecular complexity index is 506. The summed E-state index contributed by atoms with van der Waals surface area (Å²) in [5.41, 5.74) is -0.350. The summed E-state index contributed by atoms with van der Waals surface area (Å²) in [5, 5.41) is 18.8. The molecule has 0 aliphatic heterocycles. The molecule has 0 saturated heterocycles. The normalized spacial score (nSPS) is 12.5. The molecule has 0 fully saturated rings. The number of phenolic OH excluding ortho intramolecular Hbond substituents is 1. The standard InChI is InChI=1S/C16H22O6/c1-4-16(2,3)15(20)22-10-13(18)9-21-14(19)11-5-7-12(17)8-6-11/h5-8,13,17-18H,4,9-10H2,1-3H3. The first-order valence-corrected chi connectivity index (χ1v) is 7.07. The fourth-order valence-corrected chi connectivity index (χ4v) is 1.41. The molecule has 0 heterocycles. The average Bonchev–Trinajstić information content (AvgIpc) is 2.50. The molecule has 0 aliphatic carbocycles. The van der Waals surface area contributed by atoms with Gasteiger partial charge >= 0.3 is 11.9 Å². The number of aliphatic hydroxyl groups excluding tert-OH is 1. The highest BCUT2D eigenvalue weighted by atomic mass is 16.6. The van der Waals surface area contributed by atoms with Crippen LogP contribution in [0.2, 0.25) is 0 Å². The van der Waals surface area contributed by atoms with E-state index in [2.05, 4.69) is 0 Å². The van der Waals surface area contributed by atoms with Crippen molar-refractivity contribution in [1.29, 1.82) is 0 Å². The maximum absolute atomic E-state index is 11.7. The third kappa shape index (κ3) is 5.37. The fraction of sp³-hybridized carbons (Fsp3) is 0.500. The number of esters is 2. The molecule has 0 saturated carbocycles. The van der Waals surface area contributed by atoms with Gasteiger partial charge in [-0.15, -0.1) is 0 Å². The van der Waals surface area contributed by atoms with Crippen molar-refractivity contribution in [3.8, 4) is 5.75 Å². The lowest BCUT2D eigenvalue weighted by atomic mass is 9.91. The number of aliphatic hydroxyl groups is 1. The van der Waals surface area contributed by atoms with Crippen LogP contribution >= 0.6 is 0 Å². The molecule has 0 radical (unpaired) electrons. The second kappa shape index (κ2) is 7.79. The predicted octanol–water partition coefficient (Wildman–Crippen LogP) is 1.89. The Hall–Kier alpha value is -2.08. The van der Waals surface area contributed by atoms with E-state index in [1.54, 1.807) is 13.8 Å². The summed E-state index contributed by atoms with van der Waals surface area (Å²) in [6, 6.07) is 5.55. The van der Waals surface area contributed by atoms with Gasteiger partial charge in [0.25, 0.3) is 0 Å². The van der Waals surface area contributed by atoms with Gasteiger partial charge in [0.05, 0.1) is 11.0 Å². The van der Waals surface area contributed by atoms with Gasteiger partial charge in [-0.1, -0.05) is 6.92 Å². The van der Waals surface area contributed by atoms with E-state index in [-0.39, 0.29) is 24.5 Å². The maximum Gasteiger partial charge on any atom is 0.338 e. The number of carbonyl (C=O) groups excluding carboxylic acids is 2. The zero-order chi connectivity index (χ0) is 16.8. The van der Waals surface area contributed by atoms with Crippen LogP contribution in [0.1, 0.15) is 37.6 Å². The van der Waals surface area contributed by atoms with Crippen LogP contribution in [-0.4, -0.2) is 41.5 Å². The summed E-state index contributed by atoms with van der Waals surface area (Å²) in [6.45, 7) is 4.88. The molecule has 0 spiro atoms. The molecule has 6 heteroatoms. The van der Waals surface area contributed by atoms with Crippen molar-refractivity contribution in [2.75, 3.05) is 13.2 Å². The van der Waals surface area contributed by atoms with E-state index < -0.39 is 23.5 Å². The molecule has 2 N–H and O–H groups in total. The molecule has 0 aromatic heterocycles. The van der Waals surface area contributed by atoms with Gasteiger partial charge in [0.15, 0.2) is 0 Å². The van der Waals surface area contributed by atoms with E-state index in [1.165, 1.54) is 24.3 Å². The average molecular weight is 310 g/mol. The first-order chi connectivity index (χ1) is 10.3. The summed E-state index contributed by atoms with van der Waals surface area (Å²) >= 11 is 0. The minimum Gasteiger partial charge on any atom is -0.508 e. The van der Waals surface area contributed by atoms with Crippen LogP contribution in [0, 0.1) is 5.41 Å². The van der Waals surface area contributed by atoms with Crippen LogP contribution in [-0.2, 0) is 14.3 Å². The van der Waals surface area contributed by atoms with Gasteiger partial charge in [0, 0.05) is 0 Å². The third-order valence-corrected chi connectivity index (χ3v) is 3.35. The van der Waals surface area contributed by atoms with Crippen molar-refractivity contribution >= 4 is 11.9 Å². The van der Waals surface area contributed by atoms with Gasteiger partial charge in [-0.2, -0.15) is 0 Å². The largest absolute Gasteiger partial charge is 0.508 e. The molecular formula is C16H22O6. The quantitative estimate of drug-likeness (QED) is 0.747. The van der Waals surface area contributed by atoms with E-state index in [9.17, 15) is 14.7 Å². The molecule has 1 unspecified atom stereocenters. The van der Waals surface area contributed by atoms with Crippen molar-refractivity contribution in [2.45, 2.75) is 33.3 Å². The first kappa shape index (κ1) is 18.0. The van der Waals surface area contributed by atoms with E-state index in [4.69, 9.17) is 14.6 Å². The van der Waals surface area contributed by atoms with E-state index in [0.717, 1.165) is 0 Å².